The number of anilines is 1. The summed E-state index contributed by atoms with van der Waals surface area (Å²) >= 11 is 0. The summed E-state index contributed by atoms with van der Waals surface area (Å²) < 4.78 is 10.5. The van der Waals surface area contributed by atoms with Crippen LogP contribution in [0.5, 0.6) is 0 Å². The van der Waals surface area contributed by atoms with Gasteiger partial charge in [0.05, 0.1) is 0 Å². The summed E-state index contributed by atoms with van der Waals surface area (Å²) in [6, 6.07) is 3.45. The highest BCUT2D eigenvalue weighted by Crippen LogP contribution is 2.21. The largest absolute Gasteiger partial charge is 0.384 e. The third-order valence-corrected chi connectivity index (χ3v) is 2.25. The Balaban J connectivity index is 2.23. The Morgan fingerprint density at radius 1 is 1.53 bits per heavy atom. The smallest absolute Gasteiger partial charge is 0.258 e. The molecule has 0 amide bonds. The van der Waals surface area contributed by atoms with Crippen molar-refractivity contribution in [1.29, 1.82) is 0 Å². The molecular weight excluding hydrogens is 220 g/mol. The Bertz CT molecular complexity index is 498. The second-order valence-corrected chi connectivity index (χ2v) is 3.52. The molecule has 0 radical (unpaired) electrons. The van der Waals surface area contributed by atoms with Crippen molar-refractivity contribution in [2.24, 2.45) is 0 Å². The van der Waals surface area contributed by atoms with Crippen molar-refractivity contribution in [2.45, 2.75) is 20.0 Å². The van der Waals surface area contributed by atoms with Gasteiger partial charge in [0.2, 0.25) is 5.82 Å². The summed E-state index contributed by atoms with van der Waals surface area (Å²) in [5.74, 6) is 1.36. The number of hydrogen-bond acceptors (Lipinski definition) is 6. The van der Waals surface area contributed by atoms with Gasteiger partial charge in [-0.1, -0.05) is 5.16 Å². The maximum atomic E-state index is 5.58. The van der Waals surface area contributed by atoms with E-state index in [1.54, 1.807) is 18.3 Å². The maximum absolute atomic E-state index is 5.58. The fourth-order valence-electron chi connectivity index (χ4n) is 1.42. The van der Waals surface area contributed by atoms with Gasteiger partial charge in [0.25, 0.3) is 5.89 Å². The molecule has 2 N–H and O–H groups in total. The zero-order valence-electron chi connectivity index (χ0n) is 9.75. The lowest BCUT2D eigenvalue weighted by Gasteiger charge is -2.04. The number of pyridine rings is 1. The molecule has 1 atom stereocenters. The first-order chi connectivity index (χ1) is 8.20. The van der Waals surface area contributed by atoms with Crippen LogP contribution in [0.1, 0.15) is 25.8 Å². The van der Waals surface area contributed by atoms with E-state index in [4.69, 9.17) is 15.0 Å². The highest BCUT2D eigenvalue weighted by Gasteiger charge is 2.14. The minimum Gasteiger partial charge on any atom is -0.384 e. The molecule has 0 aliphatic carbocycles. The Morgan fingerprint density at radius 2 is 2.35 bits per heavy atom. The van der Waals surface area contributed by atoms with Crippen molar-refractivity contribution in [2.75, 3.05) is 12.3 Å². The average molecular weight is 234 g/mol. The number of rotatable bonds is 4. The molecule has 0 aliphatic heterocycles. The van der Waals surface area contributed by atoms with E-state index in [0.29, 0.717) is 24.1 Å². The van der Waals surface area contributed by atoms with Crippen molar-refractivity contribution < 1.29 is 9.26 Å². The molecule has 0 saturated heterocycles. The molecule has 0 spiro atoms. The van der Waals surface area contributed by atoms with Gasteiger partial charge in [0.15, 0.2) is 0 Å². The van der Waals surface area contributed by atoms with Crippen molar-refractivity contribution >= 4 is 5.82 Å². The molecule has 2 heterocycles. The van der Waals surface area contributed by atoms with Crippen LogP contribution in [0.2, 0.25) is 0 Å². The van der Waals surface area contributed by atoms with Crippen LogP contribution in [0.25, 0.3) is 11.5 Å². The van der Waals surface area contributed by atoms with Crippen LogP contribution in [-0.2, 0) is 4.74 Å². The molecule has 6 heteroatoms. The fourth-order valence-corrected chi connectivity index (χ4v) is 1.42. The first kappa shape index (κ1) is 11.5. The van der Waals surface area contributed by atoms with E-state index >= 15 is 0 Å². The van der Waals surface area contributed by atoms with Gasteiger partial charge in [0.1, 0.15) is 11.9 Å². The molecule has 6 nitrogen and oxygen atoms in total. The van der Waals surface area contributed by atoms with Crippen molar-refractivity contribution in [1.82, 2.24) is 15.1 Å². The van der Waals surface area contributed by atoms with Gasteiger partial charge in [-0.05, 0) is 26.0 Å². The SMILES string of the molecule is CCOC(C)c1noc(-c2ccnc(N)c2)n1. The lowest BCUT2D eigenvalue weighted by atomic mass is 10.2. The third-order valence-electron chi connectivity index (χ3n) is 2.25. The lowest BCUT2D eigenvalue weighted by molar-refractivity contribution is 0.0683. The number of ether oxygens (including phenoxy) is 1. The van der Waals surface area contributed by atoms with Gasteiger partial charge < -0.3 is 15.0 Å². The van der Waals surface area contributed by atoms with Crippen LogP contribution in [0.4, 0.5) is 5.82 Å². The molecule has 90 valence electrons. The van der Waals surface area contributed by atoms with Crippen LogP contribution < -0.4 is 5.73 Å². The fraction of sp³-hybridized carbons (Fsp3) is 0.364. The number of nitrogen functional groups attached to an aromatic ring is 1. The summed E-state index contributed by atoms with van der Waals surface area (Å²) in [5, 5.41) is 3.87. The standard InChI is InChI=1S/C11H14N4O2/c1-3-16-7(2)10-14-11(17-15-10)8-4-5-13-9(12)6-8/h4-7H,3H2,1-2H3,(H2,12,13). The summed E-state index contributed by atoms with van der Waals surface area (Å²) in [5.41, 5.74) is 6.33. The predicted molar refractivity (Wildman–Crippen MR) is 62.0 cm³/mol. The van der Waals surface area contributed by atoms with Crippen LogP contribution in [0.3, 0.4) is 0 Å². The quantitative estimate of drug-likeness (QED) is 0.868. The van der Waals surface area contributed by atoms with Crippen LogP contribution in [0.15, 0.2) is 22.9 Å². The molecule has 2 aromatic rings. The first-order valence-corrected chi connectivity index (χ1v) is 5.37. The summed E-state index contributed by atoms with van der Waals surface area (Å²) in [6.45, 7) is 4.40. The van der Waals surface area contributed by atoms with E-state index in [0.717, 1.165) is 5.56 Å². The molecule has 2 rings (SSSR count). The van der Waals surface area contributed by atoms with E-state index < -0.39 is 0 Å². The molecule has 0 aromatic carbocycles. The van der Waals surface area contributed by atoms with Crippen molar-refractivity contribution in [3.05, 3.63) is 24.2 Å². The molecular formula is C11H14N4O2. The second kappa shape index (κ2) is 4.92. The lowest BCUT2D eigenvalue weighted by Crippen LogP contribution is -2.01. The van der Waals surface area contributed by atoms with Gasteiger partial charge in [-0.25, -0.2) is 4.98 Å². The molecule has 1 unspecified atom stereocenters. The van der Waals surface area contributed by atoms with Crippen molar-refractivity contribution in [3.8, 4) is 11.5 Å². The maximum Gasteiger partial charge on any atom is 0.258 e. The molecule has 0 bridgehead atoms. The minimum atomic E-state index is -0.184. The summed E-state index contributed by atoms with van der Waals surface area (Å²) in [6.07, 6.45) is 1.41. The summed E-state index contributed by atoms with van der Waals surface area (Å²) in [7, 11) is 0. The third kappa shape index (κ3) is 2.59. The van der Waals surface area contributed by atoms with Gasteiger partial charge >= 0.3 is 0 Å². The molecule has 17 heavy (non-hydrogen) atoms. The van der Waals surface area contributed by atoms with Gasteiger partial charge in [-0.15, -0.1) is 0 Å². The van der Waals surface area contributed by atoms with Gasteiger partial charge in [-0.2, -0.15) is 4.98 Å². The van der Waals surface area contributed by atoms with Gasteiger partial charge in [-0.3, -0.25) is 0 Å². The molecule has 0 aliphatic rings. The Morgan fingerprint density at radius 3 is 3.06 bits per heavy atom. The zero-order valence-corrected chi connectivity index (χ0v) is 9.75. The average Bonchev–Trinajstić information content (AvgIpc) is 2.78. The first-order valence-electron chi connectivity index (χ1n) is 5.37. The van der Waals surface area contributed by atoms with E-state index in [2.05, 4.69) is 15.1 Å². The second-order valence-electron chi connectivity index (χ2n) is 3.52. The normalized spacial score (nSPS) is 12.6. The minimum absolute atomic E-state index is 0.184. The highest BCUT2D eigenvalue weighted by atomic mass is 16.5. The molecule has 2 aromatic heterocycles. The number of aromatic nitrogens is 3. The molecule has 0 saturated carbocycles. The van der Waals surface area contributed by atoms with E-state index in [-0.39, 0.29) is 6.10 Å². The Hall–Kier alpha value is -1.95. The van der Waals surface area contributed by atoms with Gasteiger partial charge in [0, 0.05) is 18.4 Å². The molecule has 0 fully saturated rings. The monoisotopic (exact) mass is 234 g/mol. The predicted octanol–water partition coefficient (Wildman–Crippen LogP) is 1.81. The van der Waals surface area contributed by atoms with E-state index in [1.165, 1.54) is 0 Å². The van der Waals surface area contributed by atoms with Crippen LogP contribution in [-0.4, -0.2) is 21.7 Å². The number of nitrogens with two attached hydrogens (primary N) is 1. The van der Waals surface area contributed by atoms with Crippen LogP contribution in [0, 0.1) is 0 Å². The van der Waals surface area contributed by atoms with Crippen LogP contribution >= 0.6 is 0 Å². The van der Waals surface area contributed by atoms with E-state index in [1.807, 2.05) is 13.8 Å². The van der Waals surface area contributed by atoms with Crippen molar-refractivity contribution in [3.63, 3.8) is 0 Å². The Kier molecular flexibility index (Phi) is 3.34. The van der Waals surface area contributed by atoms with E-state index in [9.17, 15) is 0 Å². The zero-order chi connectivity index (χ0) is 12.3. The number of hydrogen-bond donors (Lipinski definition) is 1. The highest BCUT2D eigenvalue weighted by molar-refractivity contribution is 5.56. The summed E-state index contributed by atoms with van der Waals surface area (Å²) in [4.78, 5) is 8.15. The topological polar surface area (TPSA) is 87.1 Å². The number of nitrogens with zero attached hydrogens (tertiary/aromatic N) is 3. The Labute approximate surface area is 98.8 Å².